The van der Waals surface area contributed by atoms with Crippen molar-refractivity contribution in [1.29, 1.82) is 0 Å². The van der Waals surface area contributed by atoms with Gasteiger partial charge in [-0.3, -0.25) is 20.1 Å². The molecule has 0 saturated carbocycles. The minimum absolute atomic E-state index is 0.118. The third-order valence-corrected chi connectivity index (χ3v) is 4.54. The maximum absolute atomic E-state index is 11.6. The van der Waals surface area contributed by atoms with Crippen molar-refractivity contribution in [2.24, 2.45) is 0 Å². The molecule has 0 atom stereocenters. The van der Waals surface area contributed by atoms with E-state index >= 15 is 0 Å². The van der Waals surface area contributed by atoms with Crippen LogP contribution in [-0.2, 0) is 13.0 Å². The number of nitrogens with one attached hydrogen (secondary N) is 1. The summed E-state index contributed by atoms with van der Waals surface area (Å²) in [6.45, 7) is 8.47. The third-order valence-electron chi connectivity index (χ3n) is 4.54. The van der Waals surface area contributed by atoms with Crippen molar-refractivity contribution >= 4 is 5.69 Å². The zero-order chi connectivity index (χ0) is 18.8. The first kappa shape index (κ1) is 18.2. The number of aromatic nitrogens is 2. The Labute approximate surface area is 152 Å². The second-order valence-electron chi connectivity index (χ2n) is 6.60. The zero-order valence-electron chi connectivity index (χ0n) is 15.5. The Hall–Kier alpha value is -2.61. The van der Waals surface area contributed by atoms with Gasteiger partial charge in [0.1, 0.15) is 0 Å². The van der Waals surface area contributed by atoms with Crippen LogP contribution >= 0.6 is 0 Å². The quantitative estimate of drug-likeness (QED) is 0.628. The van der Waals surface area contributed by atoms with Gasteiger partial charge in [-0.1, -0.05) is 6.92 Å². The molecule has 0 bridgehead atoms. The average Bonchev–Trinajstić information content (AvgIpc) is 3.04. The number of H-pyrrole nitrogens is 1. The van der Waals surface area contributed by atoms with Crippen LogP contribution in [0.1, 0.15) is 32.0 Å². The molecule has 0 unspecified atom stereocenters. The molecule has 0 fully saturated rings. The molecule has 2 aromatic rings. The number of hydrogen-bond acceptors (Lipinski definition) is 6. The van der Waals surface area contributed by atoms with E-state index in [1.165, 1.54) is 13.2 Å². The second kappa shape index (κ2) is 7.33. The van der Waals surface area contributed by atoms with Gasteiger partial charge in [-0.25, -0.2) is 0 Å². The van der Waals surface area contributed by atoms with E-state index in [-0.39, 0.29) is 17.5 Å². The van der Waals surface area contributed by atoms with Crippen LogP contribution in [0.2, 0.25) is 0 Å². The Morgan fingerprint density at radius 1 is 1.42 bits per heavy atom. The number of hydrogen-bond donors (Lipinski definition) is 1. The number of rotatable bonds is 6. The van der Waals surface area contributed by atoms with Gasteiger partial charge in [0.05, 0.1) is 23.8 Å². The molecule has 3 rings (SSSR count). The van der Waals surface area contributed by atoms with Gasteiger partial charge in [0, 0.05) is 42.4 Å². The molecule has 0 radical (unpaired) electrons. The lowest BCUT2D eigenvalue weighted by Crippen LogP contribution is -2.30. The van der Waals surface area contributed by atoms with Gasteiger partial charge in [0.15, 0.2) is 5.75 Å². The molecule has 26 heavy (non-hydrogen) atoms. The maximum Gasteiger partial charge on any atom is 0.315 e. The summed E-state index contributed by atoms with van der Waals surface area (Å²) >= 11 is 0. The number of methoxy groups -OCH3 is 1. The number of fused-ring (bicyclic) bond motifs is 1. The molecule has 0 aliphatic carbocycles. The highest BCUT2D eigenvalue weighted by Gasteiger charge is 2.27. The lowest BCUT2D eigenvalue weighted by molar-refractivity contribution is -0.386. The fourth-order valence-corrected chi connectivity index (χ4v) is 3.23. The van der Waals surface area contributed by atoms with Crippen molar-refractivity contribution in [2.45, 2.75) is 39.8 Å². The number of benzene rings is 1. The highest BCUT2D eigenvalue weighted by molar-refractivity contribution is 5.73. The molecule has 1 N–H and O–H groups in total. The molecule has 0 saturated heterocycles. The Balaban J connectivity index is 2.11. The third kappa shape index (κ3) is 3.37. The monoisotopic (exact) mass is 360 g/mol. The van der Waals surface area contributed by atoms with Crippen molar-refractivity contribution in [3.63, 3.8) is 0 Å². The molecular weight excluding hydrogens is 336 g/mol. The van der Waals surface area contributed by atoms with Crippen molar-refractivity contribution in [3.05, 3.63) is 33.5 Å². The second-order valence-corrected chi connectivity index (χ2v) is 6.60. The van der Waals surface area contributed by atoms with Gasteiger partial charge < -0.3 is 9.47 Å². The fraction of sp³-hybridized carbons (Fsp3) is 0.500. The number of ether oxygens (including phenoxy) is 2. The van der Waals surface area contributed by atoms with Crippen molar-refractivity contribution < 1.29 is 14.4 Å². The normalized spacial score (nSPS) is 14.3. The number of likely N-dealkylation sites (N-methyl/N-ethyl adjacent to an activating group) is 1. The largest absolute Gasteiger partial charge is 0.493 e. The molecule has 1 aromatic heterocycles. The number of nitro benzene ring substituents is 1. The summed E-state index contributed by atoms with van der Waals surface area (Å²) in [6.07, 6.45) is 0.689. The average molecular weight is 360 g/mol. The molecule has 1 aliphatic rings. The predicted molar refractivity (Wildman–Crippen MR) is 97.6 cm³/mol. The van der Waals surface area contributed by atoms with Crippen LogP contribution in [0.5, 0.6) is 11.5 Å². The van der Waals surface area contributed by atoms with Gasteiger partial charge in [0.25, 0.3) is 0 Å². The van der Waals surface area contributed by atoms with E-state index in [9.17, 15) is 10.1 Å². The van der Waals surface area contributed by atoms with Crippen LogP contribution in [0, 0.1) is 10.1 Å². The van der Waals surface area contributed by atoms with Crippen LogP contribution in [0.15, 0.2) is 12.1 Å². The molecule has 8 heteroatoms. The maximum atomic E-state index is 11.6. The highest BCUT2D eigenvalue weighted by atomic mass is 16.6. The van der Waals surface area contributed by atoms with Crippen LogP contribution in [0.4, 0.5) is 5.69 Å². The Morgan fingerprint density at radius 3 is 2.81 bits per heavy atom. The first-order valence-corrected chi connectivity index (χ1v) is 8.76. The molecule has 2 heterocycles. The van der Waals surface area contributed by atoms with Crippen LogP contribution in [0.25, 0.3) is 11.3 Å². The van der Waals surface area contributed by atoms with Crippen LogP contribution in [0.3, 0.4) is 0 Å². The van der Waals surface area contributed by atoms with Crippen LogP contribution < -0.4 is 9.47 Å². The van der Waals surface area contributed by atoms with Crippen molar-refractivity contribution in [1.82, 2.24) is 15.1 Å². The first-order valence-electron chi connectivity index (χ1n) is 8.76. The fourth-order valence-electron chi connectivity index (χ4n) is 3.23. The van der Waals surface area contributed by atoms with Crippen molar-refractivity contribution in [2.75, 3.05) is 20.2 Å². The van der Waals surface area contributed by atoms with E-state index in [1.807, 2.05) is 13.8 Å². The predicted octanol–water partition coefficient (Wildman–Crippen LogP) is 3.16. The molecule has 1 aromatic carbocycles. The molecule has 0 spiro atoms. The molecule has 8 nitrogen and oxygen atoms in total. The SMILES string of the molecule is CCN1CCc2[nH]nc(-c3cc(OC)c(OC(C)C)c([N+](=O)[O-])c3)c2C1. The van der Waals surface area contributed by atoms with E-state index in [0.29, 0.717) is 11.3 Å². The summed E-state index contributed by atoms with van der Waals surface area (Å²) in [7, 11) is 1.48. The van der Waals surface area contributed by atoms with Gasteiger partial charge >= 0.3 is 5.69 Å². The smallest absolute Gasteiger partial charge is 0.315 e. The number of aromatic amines is 1. The Bertz CT molecular complexity index is 816. The topological polar surface area (TPSA) is 93.5 Å². The molecule has 140 valence electrons. The minimum Gasteiger partial charge on any atom is -0.493 e. The summed E-state index contributed by atoms with van der Waals surface area (Å²) in [5.74, 6) is 0.485. The van der Waals surface area contributed by atoms with E-state index < -0.39 is 4.92 Å². The van der Waals surface area contributed by atoms with Gasteiger partial charge in [-0.05, 0) is 26.5 Å². The summed E-state index contributed by atoms with van der Waals surface area (Å²) in [6, 6.07) is 3.27. The summed E-state index contributed by atoms with van der Waals surface area (Å²) in [5.41, 5.74) is 3.45. The first-order chi connectivity index (χ1) is 12.4. The molecular formula is C18H24N4O4. The summed E-state index contributed by atoms with van der Waals surface area (Å²) < 4.78 is 11.0. The van der Waals surface area contributed by atoms with Gasteiger partial charge in [-0.2, -0.15) is 5.10 Å². The van der Waals surface area contributed by atoms with E-state index in [1.54, 1.807) is 6.07 Å². The van der Waals surface area contributed by atoms with Gasteiger partial charge in [-0.15, -0.1) is 0 Å². The molecule has 0 amide bonds. The van der Waals surface area contributed by atoms with E-state index in [4.69, 9.17) is 9.47 Å². The Morgan fingerprint density at radius 2 is 2.19 bits per heavy atom. The van der Waals surface area contributed by atoms with Crippen molar-refractivity contribution in [3.8, 4) is 22.8 Å². The highest BCUT2D eigenvalue weighted by Crippen LogP contribution is 2.42. The lowest BCUT2D eigenvalue weighted by atomic mass is 10.00. The Kier molecular flexibility index (Phi) is 5.13. The van der Waals surface area contributed by atoms with E-state index in [2.05, 4.69) is 22.0 Å². The van der Waals surface area contributed by atoms with E-state index in [0.717, 1.165) is 43.0 Å². The summed E-state index contributed by atoms with van der Waals surface area (Å²) in [5, 5.41) is 19.1. The summed E-state index contributed by atoms with van der Waals surface area (Å²) in [4.78, 5) is 13.5. The van der Waals surface area contributed by atoms with Gasteiger partial charge in [0.2, 0.25) is 5.75 Å². The number of nitro groups is 1. The molecule has 1 aliphatic heterocycles. The standard InChI is InChI=1S/C18H24N4O4/c1-5-21-7-6-14-13(10-21)17(20-19-14)12-8-15(22(23)24)18(26-11(2)3)16(9-12)25-4/h8-9,11H,5-7,10H2,1-4H3,(H,19,20). The zero-order valence-corrected chi connectivity index (χ0v) is 15.5. The number of nitrogens with zero attached hydrogens (tertiary/aromatic N) is 3. The van der Waals surface area contributed by atoms with Crippen LogP contribution in [-0.4, -0.2) is 46.3 Å². The lowest BCUT2D eigenvalue weighted by Gasteiger charge is -2.25. The minimum atomic E-state index is -0.443.